The van der Waals surface area contributed by atoms with E-state index in [4.69, 9.17) is 5.11 Å². The lowest BCUT2D eigenvalue weighted by Crippen LogP contribution is -2.41. The number of carboxylic acids is 1. The van der Waals surface area contributed by atoms with Gasteiger partial charge in [-0.2, -0.15) is 0 Å². The monoisotopic (exact) mass is 268 g/mol. The molecule has 2 N–H and O–H groups in total. The highest BCUT2D eigenvalue weighted by Crippen LogP contribution is 2.31. The number of rotatable bonds is 5. The van der Waals surface area contributed by atoms with Gasteiger partial charge in [0.1, 0.15) is 0 Å². The van der Waals surface area contributed by atoms with Gasteiger partial charge in [0.2, 0.25) is 5.91 Å². The topological polar surface area (TPSA) is 69.6 Å². The average Bonchev–Trinajstić information content (AvgIpc) is 2.89. The molecule has 0 spiro atoms. The standard InChI is InChI=1S/C14H24N2O3/c17-13(11-5-4-6-12(11)14(18)19)15-7-10-16-8-2-1-3-9-16/h11-12H,1-10H2,(H,15,17)(H,18,19). The molecule has 19 heavy (non-hydrogen) atoms. The van der Waals surface area contributed by atoms with Crippen LogP contribution < -0.4 is 5.32 Å². The van der Waals surface area contributed by atoms with E-state index in [0.717, 1.165) is 26.1 Å². The van der Waals surface area contributed by atoms with E-state index in [1.54, 1.807) is 0 Å². The van der Waals surface area contributed by atoms with Crippen LogP contribution in [0.25, 0.3) is 0 Å². The molecule has 1 saturated carbocycles. The molecule has 2 fully saturated rings. The molecule has 1 aliphatic heterocycles. The first-order valence-corrected chi connectivity index (χ1v) is 7.41. The number of carboxylic acid groups (broad SMARTS) is 1. The molecule has 1 saturated heterocycles. The third-order valence-electron chi connectivity index (χ3n) is 4.35. The Morgan fingerprint density at radius 1 is 1.05 bits per heavy atom. The summed E-state index contributed by atoms with van der Waals surface area (Å²) in [6, 6.07) is 0. The summed E-state index contributed by atoms with van der Waals surface area (Å²) in [6.45, 7) is 3.77. The summed E-state index contributed by atoms with van der Waals surface area (Å²) in [5.41, 5.74) is 0. The smallest absolute Gasteiger partial charge is 0.307 e. The number of hydrogen-bond acceptors (Lipinski definition) is 3. The third-order valence-corrected chi connectivity index (χ3v) is 4.35. The van der Waals surface area contributed by atoms with E-state index in [-0.39, 0.29) is 11.8 Å². The molecule has 0 radical (unpaired) electrons. The molecule has 2 unspecified atom stereocenters. The van der Waals surface area contributed by atoms with E-state index < -0.39 is 11.9 Å². The Bertz CT molecular complexity index is 327. The fourth-order valence-corrected chi connectivity index (χ4v) is 3.22. The molecule has 1 heterocycles. The van der Waals surface area contributed by atoms with Crippen molar-refractivity contribution in [2.45, 2.75) is 38.5 Å². The van der Waals surface area contributed by atoms with Gasteiger partial charge in [-0.3, -0.25) is 9.59 Å². The summed E-state index contributed by atoms with van der Waals surface area (Å²) in [5, 5.41) is 12.0. The molecule has 0 aromatic carbocycles. The lowest BCUT2D eigenvalue weighted by Gasteiger charge is -2.26. The second-order valence-corrected chi connectivity index (χ2v) is 5.68. The summed E-state index contributed by atoms with van der Waals surface area (Å²) in [4.78, 5) is 25.4. The van der Waals surface area contributed by atoms with Crippen molar-refractivity contribution in [2.24, 2.45) is 11.8 Å². The van der Waals surface area contributed by atoms with Crippen LogP contribution in [0.4, 0.5) is 0 Å². The van der Waals surface area contributed by atoms with Crippen molar-refractivity contribution >= 4 is 11.9 Å². The molecule has 108 valence electrons. The Morgan fingerprint density at radius 3 is 2.42 bits per heavy atom. The molecule has 0 aromatic rings. The van der Waals surface area contributed by atoms with Gasteiger partial charge < -0.3 is 15.3 Å². The zero-order valence-corrected chi connectivity index (χ0v) is 11.4. The summed E-state index contributed by atoms with van der Waals surface area (Å²) >= 11 is 0. The van der Waals surface area contributed by atoms with E-state index in [0.29, 0.717) is 19.4 Å². The number of amides is 1. The average molecular weight is 268 g/mol. The quantitative estimate of drug-likeness (QED) is 0.783. The Balaban J connectivity index is 1.70. The maximum absolute atomic E-state index is 12.0. The first-order valence-electron chi connectivity index (χ1n) is 7.41. The fourth-order valence-electron chi connectivity index (χ4n) is 3.22. The van der Waals surface area contributed by atoms with E-state index in [1.165, 1.54) is 19.3 Å². The first-order chi connectivity index (χ1) is 9.18. The lowest BCUT2D eigenvalue weighted by molar-refractivity contribution is -0.146. The normalized spacial score (nSPS) is 28.2. The Kier molecular flexibility index (Phi) is 5.19. The Hall–Kier alpha value is -1.10. The van der Waals surface area contributed by atoms with Crippen LogP contribution in [-0.2, 0) is 9.59 Å². The molecular weight excluding hydrogens is 244 g/mol. The number of nitrogens with zero attached hydrogens (tertiary/aromatic N) is 1. The number of aliphatic carboxylic acids is 1. The van der Waals surface area contributed by atoms with Crippen LogP contribution in [0.15, 0.2) is 0 Å². The van der Waals surface area contributed by atoms with Gasteiger partial charge in [-0.05, 0) is 38.8 Å². The van der Waals surface area contributed by atoms with Gasteiger partial charge in [-0.25, -0.2) is 0 Å². The van der Waals surface area contributed by atoms with Crippen LogP contribution in [0.3, 0.4) is 0 Å². The third kappa shape index (κ3) is 3.93. The summed E-state index contributed by atoms with van der Waals surface area (Å²) < 4.78 is 0. The minimum Gasteiger partial charge on any atom is -0.481 e. The molecule has 1 aliphatic carbocycles. The van der Waals surface area contributed by atoms with Gasteiger partial charge in [0, 0.05) is 13.1 Å². The van der Waals surface area contributed by atoms with E-state index in [1.807, 2.05) is 0 Å². The molecule has 0 bridgehead atoms. The summed E-state index contributed by atoms with van der Waals surface area (Å²) in [5.74, 6) is -1.69. The van der Waals surface area contributed by atoms with Crippen LogP contribution in [0.5, 0.6) is 0 Å². The number of piperidine rings is 1. The summed E-state index contributed by atoms with van der Waals surface area (Å²) in [7, 11) is 0. The van der Waals surface area contributed by atoms with Crippen molar-refractivity contribution in [3.05, 3.63) is 0 Å². The predicted octanol–water partition coefficient (Wildman–Crippen LogP) is 1.09. The maximum atomic E-state index is 12.0. The zero-order valence-electron chi connectivity index (χ0n) is 11.4. The second kappa shape index (κ2) is 6.89. The van der Waals surface area contributed by atoms with Crippen molar-refractivity contribution in [1.82, 2.24) is 10.2 Å². The van der Waals surface area contributed by atoms with E-state index in [9.17, 15) is 9.59 Å². The van der Waals surface area contributed by atoms with Gasteiger partial charge in [0.25, 0.3) is 0 Å². The van der Waals surface area contributed by atoms with Gasteiger partial charge >= 0.3 is 5.97 Å². The molecule has 2 aliphatic rings. The molecule has 2 atom stereocenters. The molecular formula is C14H24N2O3. The lowest BCUT2D eigenvalue weighted by atomic mass is 9.95. The molecule has 0 aromatic heterocycles. The molecule has 5 nitrogen and oxygen atoms in total. The number of hydrogen-bond donors (Lipinski definition) is 2. The number of nitrogens with one attached hydrogen (secondary N) is 1. The highest BCUT2D eigenvalue weighted by molar-refractivity contribution is 5.85. The van der Waals surface area contributed by atoms with Crippen molar-refractivity contribution in [2.75, 3.05) is 26.2 Å². The maximum Gasteiger partial charge on any atom is 0.307 e. The SMILES string of the molecule is O=C(O)C1CCCC1C(=O)NCCN1CCCCC1. The van der Waals surface area contributed by atoms with Crippen LogP contribution >= 0.6 is 0 Å². The second-order valence-electron chi connectivity index (χ2n) is 5.68. The zero-order chi connectivity index (χ0) is 13.7. The fraction of sp³-hybridized carbons (Fsp3) is 0.857. The van der Waals surface area contributed by atoms with Crippen molar-refractivity contribution in [3.8, 4) is 0 Å². The van der Waals surface area contributed by atoms with Crippen molar-refractivity contribution < 1.29 is 14.7 Å². The van der Waals surface area contributed by atoms with Crippen LogP contribution in [-0.4, -0.2) is 48.1 Å². The van der Waals surface area contributed by atoms with E-state index >= 15 is 0 Å². The van der Waals surface area contributed by atoms with Crippen LogP contribution in [0.1, 0.15) is 38.5 Å². The Morgan fingerprint density at radius 2 is 1.74 bits per heavy atom. The van der Waals surface area contributed by atoms with Gasteiger partial charge in [0.15, 0.2) is 0 Å². The van der Waals surface area contributed by atoms with Crippen LogP contribution in [0.2, 0.25) is 0 Å². The molecule has 1 amide bonds. The van der Waals surface area contributed by atoms with Crippen LogP contribution in [0, 0.1) is 11.8 Å². The highest BCUT2D eigenvalue weighted by atomic mass is 16.4. The molecule has 5 heteroatoms. The van der Waals surface area contributed by atoms with Gasteiger partial charge in [-0.1, -0.05) is 12.8 Å². The number of carbonyl (C=O) groups is 2. The van der Waals surface area contributed by atoms with Gasteiger partial charge in [0.05, 0.1) is 11.8 Å². The molecule has 2 rings (SSSR count). The van der Waals surface area contributed by atoms with Crippen molar-refractivity contribution in [3.63, 3.8) is 0 Å². The highest BCUT2D eigenvalue weighted by Gasteiger charge is 2.37. The largest absolute Gasteiger partial charge is 0.481 e. The first kappa shape index (κ1) is 14.3. The summed E-state index contributed by atoms with van der Waals surface area (Å²) in [6.07, 6.45) is 6.01. The van der Waals surface area contributed by atoms with Gasteiger partial charge in [-0.15, -0.1) is 0 Å². The Labute approximate surface area is 114 Å². The van der Waals surface area contributed by atoms with Crippen molar-refractivity contribution in [1.29, 1.82) is 0 Å². The number of likely N-dealkylation sites (tertiary alicyclic amines) is 1. The van der Waals surface area contributed by atoms with E-state index in [2.05, 4.69) is 10.2 Å². The predicted molar refractivity (Wildman–Crippen MR) is 71.8 cm³/mol. The minimum absolute atomic E-state index is 0.0677. The number of carbonyl (C=O) groups excluding carboxylic acids is 1. The minimum atomic E-state index is -0.825.